The molecule has 0 heterocycles. The molecule has 0 saturated heterocycles. The van der Waals surface area contributed by atoms with E-state index in [9.17, 15) is 10.1 Å². The highest BCUT2D eigenvalue weighted by Gasteiger charge is 2.32. The molecule has 5 nitrogen and oxygen atoms in total. The molecule has 0 radical (unpaired) electrons. The molecule has 1 fully saturated rings. The van der Waals surface area contributed by atoms with Crippen molar-refractivity contribution in [3.63, 3.8) is 0 Å². The van der Waals surface area contributed by atoms with Crippen LogP contribution < -0.4 is 10.5 Å². The summed E-state index contributed by atoms with van der Waals surface area (Å²) in [5, 5.41) is 10.8. The Morgan fingerprint density at radius 1 is 1.41 bits per heavy atom. The Morgan fingerprint density at radius 2 is 2.06 bits per heavy atom. The zero-order chi connectivity index (χ0) is 12.5. The Hall–Kier alpha value is -1.62. The van der Waals surface area contributed by atoms with E-state index in [-0.39, 0.29) is 17.0 Å². The second-order valence-corrected chi connectivity index (χ2v) is 4.51. The summed E-state index contributed by atoms with van der Waals surface area (Å²) in [7, 11) is 1.43. The first kappa shape index (κ1) is 11.9. The van der Waals surface area contributed by atoms with Gasteiger partial charge in [-0.1, -0.05) is 18.9 Å². The molecule has 1 saturated carbocycles. The van der Waals surface area contributed by atoms with Crippen LogP contribution in [-0.2, 0) is 5.54 Å². The van der Waals surface area contributed by atoms with Crippen molar-refractivity contribution < 1.29 is 9.66 Å². The molecule has 1 aromatic carbocycles. The van der Waals surface area contributed by atoms with Crippen LogP contribution in [0.15, 0.2) is 18.2 Å². The van der Waals surface area contributed by atoms with Gasteiger partial charge in [0.1, 0.15) is 0 Å². The molecule has 0 unspecified atom stereocenters. The van der Waals surface area contributed by atoms with Gasteiger partial charge in [0.25, 0.3) is 0 Å². The summed E-state index contributed by atoms with van der Waals surface area (Å²) in [6.45, 7) is 0. The number of hydrogen-bond acceptors (Lipinski definition) is 4. The smallest absolute Gasteiger partial charge is 0.310 e. The van der Waals surface area contributed by atoms with Crippen LogP contribution in [0.1, 0.15) is 31.2 Å². The minimum atomic E-state index is -0.444. The molecule has 1 aromatic rings. The van der Waals surface area contributed by atoms with Gasteiger partial charge in [-0.25, -0.2) is 0 Å². The zero-order valence-corrected chi connectivity index (χ0v) is 9.81. The maximum atomic E-state index is 10.8. The molecule has 17 heavy (non-hydrogen) atoms. The molecule has 2 rings (SSSR count). The molecular formula is C12H16N2O3. The van der Waals surface area contributed by atoms with Crippen LogP contribution in [0.5, 0.6) is 5.75 Å². The fourth-order valence-corrected chi connectivity index (χ4v) is 2.43. The van der Waals surface area contributed by atoms with Crippen LogP contribution in [-0.4, -0.2) is 12.0 Å². The average Bonchev–Trinajstić information content (AvgIpc) is 2.76. The first-order valence-electron chi connectivity index (χ1n) is 5.68. The van der Waals surface area contributed by atoms with Crippen LogP contribution in [0.4, 0.5) is 5.69 Å². The Morgan fingerprint density at radius 3 is 2.59 bits per heavy atom. The number of methoxy groups -OCH3 is 1. The minimum Gasteiger partial charge on any atom is -0.490 e. The molecule has 1 aliphatic carbocycles. The third-order valence-corrected chi connectivity index (χ3v) is 3.45. The van der Waals surface area contributed by atoms with Gasteiger partial charge in [0, 0.05) is 11.6 Å². The quantitative estimate of drug-likeness (QED) is 0.645. The summed E-state index contributed by atoms with van der Waals surface area (Å²) in [5.41, 5.74) is 6.87. The summed E-state index contributed by atoms with van der Waals surface area (Å²) in [6, 6.07) is 4.91. The highest BCUT2D eigenvalue weighted by atomic mass is 16.6. The molecule has 5 heteroatoms. The first-order chi connectivity index (χ1) is 8.07. The minimum absolute atomic E-state index is 0.0159. The third-order valence-electron chi connectivity index (χ3n) is 3.45. The second-order valence-electron chi connectivity index (χ2n) is 4.51. The summed E-state index contributed by atoms with van der Waals surface area (Å²) >= 11 is 0. The number of hydrogen-bond donors (Lipinski definition) is 1. The van der Waals surface area contributed by atoms with Crippen LogP contribution in [0.2, 0.25) is 0 Å². The first-order valence-corrected chi connectivity index (χ1v) is 5.68. The van der Waals surface area contributed by atoms with Crippen molar-refractivity contribution in [2.75, 3.05) is 7.11 Å². The Balaban J connectivity index is 2.41. The predicted octanol–water partition coefficient (Wildman–Crippen LogP) is 2.33. The Labute approximate surface area is 99.7 Å². The second kappa shape index (κ2) is 4.33. The topological polar surface area (TPSA) is 78.4 Å². The Kier molecular flexibility index (Phi) is 3.02. The van der Waals surface area contributed by atoms with Gasteiger partial charge in [0.2, 0.25) is 0 Å². The van der Waals surface area contributed by atoms with Gasteiger partial charge in [-0.15, -0.1) is 0 Å². The summed E-state index contributed by atoms with van der Waals surface area (Å²) in [5.74, 6) is 0.282. The summed E-state index contributed by atoms with van der Waals surface area (Å²) in [6.07, 6.45) is 4.06. The molecule has 0 atom stereocenters. The maximum Gasteiger partial charge on any atom is 0.310 e. The predicted molar refractivity (Wildman–Crippen MR) is 64.0 cm³/mol. The van der Waals surface area contributed by atoms with E-state index in [1.807, 2.05) is 0 Å². The van der Waals surface area contributed by atoms with Gasteiger partial charge >= 0.3 is 5.69 Å². The molecule has 0 amide bonds. The van der Waals surface area contributed by atoms with Crippen molar-refractivity contribution in [3.8, 4) is 5.75 Å². The van der Waals surface area contributed by atoms with Crippen LogP contribution in [0, 0.1) is 10.1 Å². The molecule has 92 valence electrons. The normalized spacial score (nSPS) is 18.0. The number of benzene rings is 1. The summed E-state index contributed by atoms with van der Waals surface area (Å²) in [4.78, 5) is 10.3. The summed E-state index contributed by atoms with van der Waals surface area (Å²) < 4.78 is 5.05. The molecule has 0 aromatic heterocycles. The average molecular weight is 236 g/mol. The Bertz CT molecular complexity index is 439. The molecule has 0 spiro atoms. The largest absolute Gasteiger partial charge is 0.490 e. The van der Waals surface area contributed by atoms with Crippen molar-refractivity contribution in [2.24, 2.45) is 5.73 Å². The molecule has 0 bridgehead atoms. The van der Waals surface area contributed by atoms with Gasteiger partial charge < -0.3 is 10.5 Å². The lowest BCUT2D eigenvalue weighted by molar-refractivity contribution is -0.385. The number of nitrogens with two attached hydrogens (primary N) is 1. The van der Waals surface area contributed by atoms with E-state index in [1.54, 1.807) is 12.1 Å². The van der Waals surface area contributed by atoms with E-state index in [4.69, 9.17) is 10.5 Å². The van der Waals surface area contributed by atoms with Crippen molar-refractivity contribution in [1.82, 2.24) is 0 Å². The van der Waals surface area contributed by atoms with Gasteiger partial charge in [-0.2, -0.15) is 0 Å². The number of nitrogens with zero attached hydrogens (tertiary/aromatic N) is 1. The molecule has 1 aliphatic rings. The van der Waals surface area contributed by atoms with Gasteiger partial charge in [-0.05, 0) is 24.5 Å². The van der Waals surface area contributed by atoms with Gasteiger partial charge in [-0.3, -0.25) is 10.1 Å². The fraction of sp³-hybridized carbons (Fsp3) is 0.500. The number of rotatable bonds is 3. The monoisotopic (exact) mass is 236 g/mol. The number of nitro groups is 1. The van der Waals surface area contributed by atoms with Crippen LogP contribution in [0.25, 0.3) is 0 Å². The van der Waals surface area contributed by atoms with Crippen molar-refractivity contribution >= 4 is 5.69 Å². The standard InChI is InChI=1S/C12H16N2O3/c1-17-11-8-9(4-5-10(11)14(15)16)12(13)6-2-3-7-12/h4-5,8H,2-3,6-7,13H2,1H3. The van der Waals surface area contributed by atoms with Gasteiger partial charge in [0.15, 0.2) is 5.75 Å². The van der Waals surface area contributed by atoms with Crippen LogP contribution in [0.3, 0.4) is 0 Å². The van der Waals surface area contributed by atoms with E-state index in [2.05, 4.69) is 0 Å². The lowest BCUT2D eigenvalue weighted by Crippen LogP contribution is -2.33. The lowest BCUT2D eigenvalue weighted by atomic mass is 9.89. The lowest BCUT2D eigenvalue weighted by Gasteiger charge is -2.24. The van der Waals surface area contributed by atoms with E-state index < -0.39 is 4.92 Å². The third kappa shape index (κ3) is 2.10. The maximum absolute atomic E-state index is 10.8. The van der Waals surface area contributed by atoms with Crippen molar-refractivity contribution in [1.29, 1.82) is 0 Å². The highest BCUT2D eigenvalue weighted by molar-refractivity contribution is 5.50. The highest BCUT2D eigenvalue weighted by Crippen LogP contribution is 2.39. The van der Waals surface area contributed by atoms with Crippen LogP contribution >= 0.6 is 0 Å². The van der Waals surface area contributed by atoms with Gasteiger partial charge in [0.05, 0.1) is 12.0 Å². The van der Waals surface area contributed by atoms with Crippen molar-refractivity contribution in [3.05, 3.63) is 33.9 Å². The number of nitro benzene ring substituents is 1. The van der Waals surface area contributed by atoms with E-state index in [0.717, 1.165) is 31.2 Å². The fourth-order valence-electron chi connectivity index (χ4n) is 2.43. The molecule has 0 aliphatic heterocycles. The van der Waals surface area contributed by atoms with E-state index >= 15 is 0 Å². The molecule has 2 N–H and O–H groups in total. The SMILES string of the molecule is COc1cc(C2(N)CCCC2)ccc1[N+](=O)[O-]. The number of ether oxygens (including phenoxy) is 1. The van der Waals surface area contributed by atoms with E-state index in [1.165, 1.54) is 13.2 Å². The van der Waals surface area contributed by atoms with E-state index in [0.29, 0.717) is 0 Å². The molecular weight excluding hydrogens is 220 g/mol. The van der Waals surface area contributed by atoms with Crippen molar-refractivity contribution in [2.45, 2.75) is 31.2 Å². The zero-order valence-electron chi connectivity index (χ0n) is 9.81.